The van der Waals surface area contributed by atoms with E-state index in [1.54, 1.807) is 12.2 Å². The fourth-order valence-electron chi connectivity index (χ4n) is 1.38. The van der Waals surface area contributed by atoms with Crippen molar-refractivity contribution in [1.82, 2.24) is 0 Å². The zero-order chi connectivity index (χ0) is 11.3. The molecule has 0 aliphatic heterocycles. The first kappa shape index (κ1) is 11.9. The smallest absolute Gasteiger partial charge is 0.210 e. The van der Waals surface area contributed by atoms with Gasteiger partial charge in [-0.3, -0.25) is 0 Å². The molecule has 0 saturated heterocycles. The van der Waals surface area contributed by atoms with Crippen LogP contribution in [0.15, 0.2) is 36.4 Å². The van der Waals surface area contributed by atoms with E-state index in [9.17, 15) is 8.78 Å². The summed E-state index contributed by atoms with van der Waals surface area (Å²) in [6.07, 6.45) is 1.08. The molecule has 0 aliphatic carbocycles. The van der Waals surface area contributed by atoms with Crippen LogP contribution in [-0.2, 0) is 0 Å². The molecule has 1 aromatic carbocycles. The predicted molar refractivity (Wildman–Crippen MR) is 59.8 cm³/mol. The van der Waals surface area contributed by atoms with Crippen LogP contribution in [0, 0.1) is 11.8 Å². The van der Waals surface area contributed by atoms with Crippen LogP contribution in [0.4, 0.5) is 8.78 Å². The first-order chi connectivity index (χ1) is 7.11. The molecule has 0 aromatic heterocycles. The lowest BCUT2D eigenvalue weighted by atomic mass is 9.95. The van der Waals surface area contributed by atoms with Crippen molar-refractivity contribution >= 4 is 6.08 Å². The molecule has 0 aliphatic rings. The molecule has 1 rings (SSSR count). The van der Waals surface area contributed by atoms with Gasteiger partial charge in [-0.15, -0.1) is 0 Å². The van der Waals surface area contributed by atoms with Gasteiger partial charge in [-0.05, 0) is 11.5 Å². The summed E-state index contributed by atoms with van der Waals surface area (Å²) in [5.41, 5.74) is 0.962. The van der Waals surface area contributed by atoms with Crippen LogP contribution in [0.3, 0.4) is 0 Å². The fraction of sp³-hybridized carbons (Fsp3) is 0.385. The Morgan fingerprint density at radius 2 is 1.67 bits per heavy atom. The highest BCUT2D eigenvalue weighted by molar-refractivity contribution is 5.49. The summed E-state index contributed by atoms with van der Waals surface area (Å²) in [7, 11) is 0. The minimum atomic E-state index is -2.29. The van der Waals surface area contributed by atoms with Crippen molar-refractivity contribution in [2.75, 3.05) is 0 Å². The normalized spacial score (nSPS) is 14.0. The molecule has 0 heterocycles. The Kier molecular flexibility index (Phi) is 4.47. The van der Waals surface area contributed by atoms with Gasteiger partial charge >= 0.3 is 0 Å². The van der Waals surface area contributed by atoms with E-state index in [4.69, 9.17) is 0 Å². The number of benzene rings is 1. The molecule has 1 aromatic rings. The summed E-state index contributed by atoms with van der Waals surface area (Å²) in [6.45, 7) is 3.62. The number of allylic oxidation sites excluding steroid dienone is 1. The van der Waals surface area contributed by atoms with Crippen LogP contribution in [0.5, 0.6) is 0 Å². The Bertz CT molecular complexity index is 294. The zero-order valence-corrected chi connectivity index (χ0v) is 9.03. The third-order valence-electron chi connectivity index (χ3n) is 2.37. The largest absolute Gasteiger partial charge is 0.245 e. The van der Waals surface area contributed by atoms with E-state index in [0.717, 1.165) is 5.56 Å². The van der Waals surface area contributed by atoms with Gasteiger partial charge in [-0.25, -0.2) is 8.78 Å². The maximum atomic E-state index is 12.6. The molecule has 15 heavy (non-hydrogen) atoms. The van der Waals surface area contributed by atoms with Gasteiger partial charge in [-0.1, -0.05) is 56.3 Å². The average molecular weight is 210 g/mol. The summed E-state index contributed by atoms with van der Waals surface area (Å²) in [6, 6.07) is 9.50. The molecule has 0 saturated carbocycles. The maximum Gasteiger partial charge on any atom is 0.245 e. The molecule has 0 nitrogen and oxygen atoms in total. The molecule has 0 radical (unpaired) electrons. The molecule has 1 atom stereocenters. The number of hydrogen-bond acceptors (Lipinski definition) is 0. The summed E-state index contributed by atoms with van der Waals surface area (Å²) in [4.78, 5) is 0. The van der Waals surface area contributed by atoms with E-state index < -0.39 is 12.3 Å². The summed E-state index contributed by atoms with van der Waals surface area (Å²) in [5, 5.41) is 0. The Hall–Kier alpha value is -1.18. The average Bonchev–Trinajstić information content (AvgIpc) is 2.18. The molecule has 0 fully saturated rings. The van der Waals surface area contributed by atoms with Gasteiger partial charge in [0.15, 0.2) is 0 Å². The lowest BCUT2D eigenvalue weighted by Gasteiger charge is -2.15. The van der Waals surface area contributed by atoms with Gasteiger partial charge in [-0.2, -0.15) is 0 Å². The van der Waals surface area contributed by atoms with Crippen molar-refractivity contribution in [3.05, 3.63) is 42.0 Å². The van der Waals surface area contributed by atoms with Crippen LogP contribution in [-0.4, -0.2) is 6.43 Å². The van der Waals surface area contributed by atoms with Crippen molar-refractivity contribution in [1.29, 1.82) is 0 Å². The Labute approximate surface area is 89.6 Å². The highest BCUT2D eigenvalue weighted by atomic mass is 19.3. The van der Waals surface area contributed by atoms with Crippen LogP contribution in [0.1, 0.15) is 19.4 Å². The Morgan fingerprint density at radius 3 is 2.13 bits per heavy atom. The van der Waals surface area contributed by atoms with Crippen molar-refractivity contribution < 1.29 is 8.78 Å². The molecular formula is C13H16F2. The molecule has 0 amide bonds. The molecule has 0 N–H and O–H groups in total. The van der Waals surface area contributed by atoms with Crippen LogP contribution >= 0.6 is 0 Å². The van der Waals surface area contributed by atoms with Crippen molar-refractivity contribution in [2.45, 2.75) is 20.3 Å². The lowest BCUT2D eigenvalue weighted by molar-refractivity contribution is 0.0784. The predicted octanol–water partition coefficient (Wildman–Crippen LogP) is 4.24. The summed E-state index contributed by atoms with van der Waals surface area (Å²) in [5.74, 6) is -0.699. The van der Waals surface area contributed by atoms with E-state index in [2.05, 4.69) is 0 Å². The van der Waals surface area contributed by atoms with Gasteiger partial charge in [0.1, 0.15) is 0 Å². The van der Waals surface area contributed by atoms with Crippen molar-refractivity contribution in [3.63, 3.8) is 0 Å². The highest BCUT2D eigenvalue weighted by Crippen LogP contribution is 2.21. The molecule has 82 valence electrons. The number of halogens is 2. The Morgan fingerprint density at radius 1 is 1.07 bits per heavy atom. The second-order valence-electron chi connectivity index (χ2n) is 3.93. The third kappa shape index (κ3) is 3.82. The number of rotatable bonds is 4. The second kappa shape index (κ2) is 5.64. The van der Waals surface area contributed by atoms with Crippen LogP contribution < -0.4 is 0 Å². The van der Waals surface area contributed by atoms with E-state index >= 15 is 0 Å². The molecule has 1 unspecified atom stereocenters. The molecule has 0 bridgehead atoms. The standard InChI is InChI=1S/C13H16F2/c1-10(2)12(13(14)15)9-8-11-6-4-3-5-7-11/h3-10,12-13H,1-2H3/b9-8+. The van der Waals surface area contributed by atoms with Gasteiger partial charge in [0.2, 0.25) is 6.43 Å². The fourth-order valence-corrected chi connectivity index (χ4v) is 1.38. The minimum absolute atomic E-state index is 0.0371. The third-order valence-corrected chi connectivity index (χ3v) is 2.37. The van der Waals surface area contributed by atoms with Crippen LogP contribution in [0.25, 0.3) is 6.08 Å². The van der Waals surface area contributed by atoms with Crippen molar-refractivity contribution in [3.8, 4) is 0 Å². The quantitative estimate of drug-likeness (QED) is 0.697. The maximum absolute atomic E-state index is 12.6. The first-order valence-corrected chi connectivity index (χ1v) is 5.12. The van der Waals surface area contributed by atoms with E-state index in [1.807, 2.05) is 44.2 Å². The molecule has 0 spiro atoms. The SMILES string of the molecule is CC(C)C(/C=C/c1ccccc1)C(F)F. The summed E-state index contributed by atoms with van der Waals surface area (Å²) < 4.78 is 25.2. The molecular weight excluding hydrogens is 194 g/mol. The van der Waals surface area contributed by atoms with Crippen LogP contribution in [0.2, 0.25) is 0 Å². The van der Waals surface area contributed by atoms with E-state index in [1.165, 1.54) is 0 Å². The highest BCUT2D eigenvalue weighted by Gasteiger charge is 2.20. The monoisotopic (exact) mass is 210 g/mol. The van der Waals surface area contributed by atoms with E-state index in [0.29, 0.717) is 0 Å². The Balaban J connectivity index is 2.70. The topological polar surface area (TPSA) is 0 Å². The van der Waals surface area contributed by atoms with Gasteiger partial charge < -0.3 is 0 Å². The first-order valence-electron chi connectivity index (χ1n) is 5.12. The van der Waals surface area contributed by atoms with Crippen molar-refractivity contribution in [2.24, 2.45) is 11.8 Å². The summed E-state index contributed by atoms with van der Waals surface area (Å²) >= 11 is 0. The lowest BCUT2D eigenvalue weighted by Crippen LogP contribution is -2.14. The second-order valence-corrected chi connectivity index (χ2v) is 3.93. The zero-order valence-electron chi connectivity index (χ0n) is 9.03. The number of alkyl halides is 2. The minimum Gasteiger partial charge on any atom is -0.210 e. The number of hydrogen-bond donors (Lipinski definition) is 0. The molecule has 2 heteroatoms. The van der Waals surface area contributed by atoms with Gasteiger partial charge in [0.25, 0.3) is 0 Å². The van der Waals surface area contributed by atoms with Gasteiger partial charge in [0.05, 0.1) is 0 Å². The van der Waals surface area contributed by atoms with E-state index in [-0.39, 0.29) is 5.92 Å². The van der Waals surface area contributed by atoms with Gasteiger partial charge in [0, 0.05) is 5.92 Å².